The largest absolute Gasteiger partial charge is 0.360 e. The minimum atomic E-state index is -0.751. The summed E-state index contributed by atoms with van der Waals surface area (Å²) >= 11 is 11.3. The van der Waals surface area contributed by atoms with E-state index >= 15 is 0 Å². The maximum atomic E-state index is 11.7. The van der Waals surface area contributed by atoms with Crippen molar-refractivity contribution in [1.29, 1.82) is 0 Å². The van der Waals surface area contributed by atoms with Crippen molar-refractivity contribution in [2.24, 2.45) is 0 Å². The van der Waals surface area contributed by atoms with Crippen LogP contribution < -0.4 is 5.32 Å². The van der Waals surface area contributed by atoms with Crippen molar-refractivity contribution in [3.63, 3.8) is 0 Å². The first-order chi connectivity index (χ1) is 7.61. The van der Waals surface area contributed by atoms with Crippen molar-refractivity contribution in [2.45, 2.75) is 6.04 Å². The second-order valence-corrected chi connectivity index (χ2v) is 4.07. The van der Waals surface area contributed by atoms with Gasteiger partial charge in [0, 0.05) is 0 Å². The van der Waals surface area contributed by atoms with Crippen LogP contribution in [-0.4, -0.2) is 11.6 Å². The van der Waals surface area contributed by atoms with Gasteiger partial charge in [0.1, 0.15) is 16.2 Å². The number of benzene rings is 1. The Morgan fingerprint density at radius 1 is 1.06 bits per heavy atom. The summed E-state index contributed by atoms with van der Waals surface area (Å²) in [5.41, 5.74) is 0.683. The number of halogens is 2. The predicted molar refractivity (Wildman–Crippen MR) is 61.1 cm³/mol. The van der Waals surface area contributed by atoms with Crippen LogP contribution in [0.3, 0.4) is 0 Å². The zero-order valence-electron chi connectivity index (χ0n) is 8.04. The summed E-state index contributed by atoms with van der Waals surface area (Å²) in [5.74, 6) is -1.35. The number of nitrogens with one attached hydrogen (secondary N) is 1. The maximum absolute atomic E-state index is 11.7. The molecule has 1 aliphatic heterocycles. The molecule has 0 aromatic heterocycles. The van der Waals surface area contributed by atoms with Crippen LogP contribution in [0.4, 0.5) is 0 Å². The fourth-order valence-electron chi connectivity index (χ4n) is 1.47. The third-order valence-electron chi connectivity index (χ3n) is 2.28. The Kier molecular flexibility index (Phi) is 2.99. The Labute approximate surface area is 102 Å². The zero-order valence-corrected chi connectivity index (χ0v) is 9.55. The Morgan fingerprint density at radius 2 is 1.69 bits per heavy atom. The number of hydrogen-bond acceptors (Lipinski definition) is 3. The molecule has 0 fully saturated rings. The summed E-state index contributed by atoms with van der Waals surface area (Å²) in [6, 6.07) is 8.12. The van der Waals surface area contributed by atoms with E-state index < -0.39 is 17.6 Å². The van der Waals surface area contributed by atoms with Gasteiger partial charge in [-0.05, 0) is 5.56 Å². The van der Waals surface area contributed by atoms with Crippen LogP contribution in [0.2, 0.25) is 0 Å². The molecule has 1 aromatic carbocycles. The SMILES string of the molecule is O=C1C(=O)[C@@H](c2ccccc2)NC(Cl)=C1Cl. The molecule has 1 aliphatic rings. The van der Waals surface area contributed by atoms with Crippen molar-refractivity contribution >= 4 is 34.8 Å². The van der Waals surface area contributed by atoms with Crippen molar-refractivity contribution in [3.05, 3.63) is 46.1 Å². The second-order valence-electron chi connectivity index (χ2n) is 3.31. The molecular formula is C11H7Cl2NO2. The summed E-state index contributed by atoms with van der Waals surface area (Å²) in [6.07, 6.45) is 0. The van der Waals surface area contributed by atoms with Crippen LogP contribution in [0.5, 0.6) is 0 Å². The summed E-state index contributed by atoms with van der Waals surface area (Å²) in [6.45, 7) is 0. The Morgan fingerprint density at radius 3 is 2.31 bits per heavy atom. The molecule has 0 amide bonds. The van der Waals surface area contributed by atoms with E-state index in [2.05, 4.69) is 5.32 Å². The van der Waals surface area contributed by atoms with Gasteiger partial charge in [-0.2, -0.15) is 0 Å². The van der Waals surface area contributed by atoms with E-state index in [0.717, 1.165) is 0 Å². The summed E-state index contributed by atoms with van der Waals surface area (Å²) in [4.78, 5) is 23.1. The molecule has 0 saturated carbocycles. The molecular weight excluding hydrogens is 249 g/mol. The highest BCUT2D eigenvalue weighted by Crippen LogP contribution is 2.26. The average Bonchev–Trinajstić information content (AvgIpc) is 2.32. The highest BCUT2D eigenvalue weighted by molar-refractivity contribution is 6.62. The molecule has 5 heteroatoms. The number of allylic oxidation sites excluding steroid dienone is 1. The Balaban J connectivity index is 2.40. The summed E-state index contributed by atoms with van der Waals surface area (Å²) < 4.78 is 0. The average molecular weight is 256 g/mol. The maximum Gasteiger partial charge on any atom is 0.245 e. The monoisotopic (exact) mass is 255 g/mol. The lowest BCUT2D eigenvalue weighted by Gasteiger charge is -2.22. The number of carbonyl (C=O) groups excluding carboxylic acids is 2. The molecule has 1 N–H and O–H groups in total. The van der Waals surface area contributed by atoms with Crippen molar-refractivity contribution in [3.8, 4) is 0 Å². The molecule has 0 spiro atoms. The van der Waals surface area contributed by atoms with Gasteiger partial charge in [0.25, 0.3) is 0 Å². The molecule has 1 atom stereocenters. The first-order valence-electron chi connectivity index (χ1n) is 4.56. The van der Waals surface area contributed by atoms with E-state index in [1.807, 2.05) is 6.07 Å². The molecule has 0 unspecified atom stereocenters. The van der Waals surface area contributed by atoms with Gasteiger partial charge in [0.15, 0.2) is 0 Å². The van der Waals surface area contributed by atoms with Gasteiger partial charge in [-0.3, -0.25) is 9.59 Å². The molecule has 0 aliphatic carbocycles. The number of hydrogen-bond donors (Lipinski definition) is 1. The molecule has 0 saturated heterocycles. The van der Waals surface area contributed by atoms with Crippen LogP contribution in [0.15, 0.2) is 40.5 Å². The van der Waals surface area contributed by atoms with E-state index in [1.54, 1.807) is 24.3 Å². The Bertz CT molecular complexity index is 482. The molecule has 16 heavy (non-hydrogen) atoms. The van der Waals surface area contributed by atoms with Crippen molar-refractivity contribution in [2.75, 3.05) is 0 Å². The van der Waals surface area contributed by atoms with Gasteiger partial charge >= 0.3 is 0 Å². The Hall–Kier alpha value is -1.32. The highest BCUT2D eigenvalue weighted by atomic mass is 35.5. The molecule has 0 bridgehead atoms. The molecule has 1 aromatic rings. The van der Waals surface area contributed by atoms with Gasteiger partial charge in [0.05, 0.1) is 0 Å². The second kappa shape index (κ2) is 4.28. The lowest BCUT2D eigenvalue weighted by Crippen LogP contribution is -2.37. The first-order valence-corrected chi connectivity index (χ1v) is 5.32. The fraction of sp³-hybridized carbons (Fsp3) is 0.0909. The minimum Gasteiger partial charge on any atom is -0.360 e. The van der Waals surface area contributed by atoms with Gasteiger partial charge in [-0.1, -0.05) is 53.5 Å². The molecule has 82 valence electrons. The smallest absolute Gasteiger partial charge is 0.245 e. The van der Waals surface area contributed by atoms with Gasteiger partial charge in [0.2, 0.25) is 11.6 Å². The van der Waals surface area contributed by atoms with Crippen LogP contribution in [0.25, 0.3) is 0 Å². The fourth-order valence-corrected chi connectivity index (χ4v) is 1.82. The molecule has 1 heterocycles. The lowest BCUT2D eigenvalue weighted by atomic mass is 9.98. The zero-order chi connectivity index (χ0) is 11.7. The minimum absolute atomic E-state index is 0.0140. The predicted octanol–water partition coefficient (Wildman–Crippen LogP) is 2.12. The number of Topliss-reactive ketones (excluding diaryl/α,β-unsaturated/α-hetero) is 2. The van der Waals surface area contributed by atoms with E-state index in [1.165, 1.54) is 0 Å². The lowest BCUT2D eigenvalue weighted by molar-refractivity contribution is -0.135. The molecule has 0 radical (unpaired) electrons. The van der Waals surface area contributed by atoms with Crippen LogP contribution in [-0.2, 0) is 9.59 Å². The quantitative estimate of drug-likeness (QED) is 0.618. The molecule has 2 rings (SSSR count). The third kappa shape index (κ3) is 1.84. The van der Waals surface area contributed by atoms with Crippen molar-refractivity contribution in [1.82, 2.24) is 5.32 Å². The first kappa shape index (κ1) is 11.2. The highest BCUT2D eigenvalue weighted by Gasteiger charge is 2.34. The molecule has 3 nitrogen and oxygen atoms in total. The summed E-state index contributed by atoms with van der Waals surface area (Å²) in [7, 11) is 0. The van der Waals surface area contributed by atoms with Crippen LogP contribution in [0, 0.1) is 0 Å². The summed E-state index contributed by atoms with van der Waals surface area (Å²) in [5, 5.41) is 2.47. The van der Waals surface area contributed by atoms with Gasteiger partial charge in [-0.15, -0.1) is 0 Å². The topological polar surface area (TPSA) is 46.2 Å². The number of ketones is 2. The van der Waals surface area contributed by atoms with E-state index in [9.17, 15) is 9.59 Å². The van der Waals surface area contributed by atoms with E-state index in [0.29, 0.717) is 5.56 Å². The van der Waals surface area contributed by atoms with Gasteiger partial charge < -0.3 is 5.32 Å². The van der Waals surface area contributed by atoms with Crippen LogP contribution in [0.1, 0.15) is 11.6 Å². The standard InChI is InChI=1S/C11H7Cl2NO2/c12-7-9(15)10(16)8(14-11(7)13)6-4-2-1-3-5-6/h1-5,8,14H/t8-/m1/s1. The van der Waals surface area contributed by atoms with Crippen LogP contribution >= 0.6 is 23.2 Å². The normalized spacial score (nSPS) is 21.0. The van der Waals surface area contributed by atoms with Crippen molar-refractivity contribution < 1.29 is 9.59 Å². The number of carbonyl (C=O) groups is 2. The van der Waals surface area contributed by atoms with E-state index in [-0.39, 0.29) is 10.2 Å². The van der Waals surface area contributed by atoms with E-state index in [4.69, 9.17) is 23.2 Å². The van der Waals surface area contributed by atoms with Gasteiger partial charge in [-0.25, -0.2) is 0 Å². The number of rotatable bonds is 1. The third-order valence-corrected chi connectivity index (χ3v) is 3.04.